The highest BCUT2D eigenvalue weighted by atomic mass is 16.3. The van der Waals surface area contributed by atoms with Crippen molar-refractivity contribution in [2.45, 2.75) is 5.60 Å². The third-order valence-corrected chi connectivity index (χ3v) is 5.55. The Morgan fingerprint density at radius 1 is 0.429 bits per heavy atom. The summed E-state index contributed by atoms with van der Waals surface area (Å²) in [6, 6.07) is 38.7. The summed E-state index contributed by atoms with van der Waals surface area (Å²) in [6.45, 7) is 0. The summed E-state index contributed by atoms with van der Waals surface area (Å²) in [5.41, 5.74) is 1.40. The molecule has 5 rings (SSSR count). The maximum atomic E-state index is 12.4. The molecule has 0 aliphatic carbocycles. The van der Waals surface area contributed by atoms with Crippen molar-refractivity contribution >= 4 is 21.5 Å². The number of aliphatic hydroxyl groups is 1. The Morgan fingerprint density at radius 2 is 0.857 bits per heavy atom. The molecule has 5 aromatic rings. The smallest absolute Gasteiger partial charge is 0.141 e. The van der Waals surface area contributed by atoms with Crippen LogP contribution < -0.4 is 0 Å². The molecule has 0 spiro atoms. The molecule has 0 unspecified atom stereocenters. The average molecular weight is 360 g/mol. The highest BCUT2D eigenvalue weighted by Crippen LogP contribution is 2.42. The second-order valence-electron chi connectivity index (χ2n) is 7.13. The van der Waals surface area contributed by atoms with Crippen molar-refractivity contribution in [1.82, 2.24) is 0 Å². The number of hydrogen-bond donors (Lipinski definition) is 1. The van der Waals surface area contributed by atoms with Gasteiger partial charge in [0.1, 0.15) is 5.60 Å². The van der Waals surface area contributed by atoms with Gasteiger partial charge in [0.05, 0.1) is 0 Å². The largest absolute Gasteiger partial charge is 0.376 e. The predicted molar refractivity (Wildman–Crippen MR) is 116 cm³/mol. The van der Waals surface area contributed by atoms with Gasteiger partial charge in [-0.1, -0.05) is 115 Å². The minimum atomic E-state index is -1.26. The zero-order valence-corrected chi connectivity index (χ0v) is 15.4. The molecule has 0 atom stereocenters. The molecule has 0 aromatic heterocycles. The van der Waals surface area contributed by atoms with E-state index in [0.29, 0.717) is 0 Å². The molecule has 0 heterocycles. The van der Waals surface area contributed by atoms with Crippen LogP contribution in [0.25, 0.3) is 21.5 Å². The monoisotopic (exact) mass is 360 g/mol. The van der Waals surface area contributed by atoms with Crippen LogP contribution in [0.2, 0.25) is 0 Å². The summed E-state index contributed by atoms with van der Waals surface area (Å²) >= 11 is 0. The summed E-state index contributed by atoms with van der Waals surface area (Å²) < 4.78 is 0. The van der Waals surface area contributed by atoms with Gasteiger partial charge in [-0.05, 0) is 27.1 Å². The van der Waals surface area contributed by atoms with Crippen LogP contribution in [0, 0.1) is 0 Å². The fraction of sp³-hybridized carbons (Fsp3) is 0.0370. The van der Waals surface area contributed by atoms with Gasteiger partial charge >= 0.3 is 0 Å². The SMILES string of the molecule is OC(c1ccccc1)(c1cccc2ccccc12)c1cccc2ccccc12. The van der Waals surface area contributed by atoms with E-state index in [4.69, 9.17) is 0 Å². The molecule has 0 fully saturated rings. The van der Waals surface area contributed by atoms with Gasteiger partial charge in [0.2, 0.25) is 0 Å². The minimum Gasteiger partial charge on any atom is -0.376 e. The molecule has 134 valence electrons. The topological polar surface area (TPSA) is 20.2 Å². The van der Waals surface area contributed by atoms with E-state index in [1.54, 1.807) is 0 Å². The normalized spacial score (nSPS) is 11.8. The Hall–Kier alpha value is -3.42. The fourth-order valence-corrected chi connectivity index (χ4v) is 4.22. The zero-order chi connectivity index (χ0) is 19.0. The van der Waals surface area contributed by atoms with Crippen molar-refractivity contribution in [2.75, 3.05) is 0 Å². The lowest BCUT2D eigenvalue weighted by Crippen LogP contribution is -2.29. The van der Waals surface area contributed by atoms with Gasteiger partial charge in [0.25, 0.3) is 0 Å². The van der Waals surface area contributed by atoms with E-state index in [0.717, 1.165) is 38.2 Å². The molecule has 0 saturated heterocycles. The van der Waals surface area contributed by atoms with Gasteiger partial charge in [-0.3, -0.25) is 0 Å². The average Bonchev–Trinajstić information content (AvgIpc) is 2.78. The van der Waals surface area contributed by atoms with Crippen molar-refractivity contribution in [3.8, 4) is 0 Å². The molecule has 0 bridgehead atoms. The van der Waals surface area contributed by atoms with E-state index < -0.39 is 5.60 Å². The molecule has 0 aliphatic rings. The van der Waals surface area contributed by atoms with Gasteiger partial charge in [-0.25, -0.2) is 0 Å². The third kappa shape index (κ3) is 2.52. The summed E-state index contributed by atoms with van der Waals surface area (Å²) in [7, 11) is 0. The van der Waals surface area contributed by atoms with Gasteiger partial charge in [-0.15, -0.1) is 0 Å². The first-order valence-corrected chi connectivity index (χ1v) is 9.53. The zero-order valence-electron chi connectivity index (χ0n) is 15.4. The molecular weight excluding hydrogens is 340 g/mol. The highest BCUT2D eigenvalue weighted by Gasteiger charge is 2.36. The maximum absolute atomic E-state index is 12.4. The standard InChI is InChI=1S/C27H20O/c28-27(22-14-2-1-3-15-22,25-18-8-12-20-10-4-6-16-23(20)25)26-19-9-13-21-11-5-7-17-24(21)26/h1-19,28H. The van der Waals surface area contributed by atoms with Crippen molar-refractivity contribution < 1.29 is 5.11 Å². The molecule has 0 aliphatic heterocycles. The lowest BCUT2D eigenvalue weighted by atomic mass is 9.77. The number of hydrogen-bond acceptors (Lipinski definition) is 1. The number of rotatable bonds is 3. The number of benzene rings is 5. The Kier molecular flexibility index (Phi) is 3.96. The van der Waals surface area contributed by atoms with Crippen LogP contribution in [-0.2, 0) is 5.60 Å². The Labute approximate surface area is 164 Å². The van der Waals surface area contributed by atoms with E-state index in [1.165, 1.54) is 0 Å². The van der Waals surface area contributed by atoms with Crippen molar-refractivity contribution in [2.24, 2.45) is 0 Å². The van der Waals surface area contributed by atoms with Crippen molar-refractivity contribution in [1.29, 1.82) is 0 Å². The van der Waals surface area contributed by atoms with Gasteiger partial charge in [-0.2, -0.15) is 0 Å². The lowest BCUT2D eigenvalue weighted by molar-refractivity contribution is 0.129. The van der Waals surface area contributed by atoms with Crippen LogP contribution in [0.5, 0.6) is 0 Å². The molecular formula is C27H20O. The minimum absolute atomic E-state index is 0.864. The first kappa shape index (κ1) is 16.7. The first-order chi connectivity index (χ1) is 13.8. The van der Waals surface area contributed by atoms with E-state index in [9.17, 15) is 5.11 Å². The highest BCUT2D eigenvalue weighted by molar-refractivity contribution is 5.91. The Balaban J connectivity index is 1.92. The molecule has 0 saturated carbocycles. The number of fused-ring (bicyclic) bond motifs is 2. The van der Waals surface area contributed by atoms with Gasteiger partial charge in [0, 0.05) is 11.1 Å². The summed E-state index contributed by atoms with van der Waals surface area (Å²) in [4.78, 5) is 0. The van der Waals surface area contributed by atoms with Crippen LogP contribution in [0.4, 0.5) is 0 Å². The quantitative estimate of drug-likeness (QED) is 0.376. The fourth-order valence-electron chi connectivity index (χ4n) is 4.22. The maximum Gasteiger partial charge on any atom is 0.141 e. The van der Waals surface area contributed by atoms with Gasteiger partial charge in [0.15, 0.2) is 0 Å². The lowest BCUT2D eigenvalue weighted by Gasteiger charge is -2.32. The Bertz CT molecular complexity index is 1180. The molecule has 1 N–H and O–H groups in total. The van der Waals surface area contributed by atoms with Crippen LogP contribution in [0.15, 0.2) is 115 Å². The van der Waals surface area contributed by atoms with Crippen molar-refractivity contribution in [3.05, 3.63) is 132 Å². The van der Waals surface area contributed by atoms with Crippen LogP contribution in [0.1, 0.15) is 16.7 Å². The molecule has 0 amide bonds. The van der Waals surface area contributed by atoms with E-state index in [-0.39, 0.29) is 0 Å². The molecule has 0 radical (unpaired) electrons. The van der Waals surface area contributed by atoms with Crippen LogP contribution >= 0.6 is 0 Å². The second kappa shape index (κ2) is 6.63. The molecule has 1 heteroatoms. The van der Waals surface area contributed by atoms with E-state index in [2.05, 4.69) is 36.4 Å². The summed E-state index contributed by atoms with van der Waals surface area (Å²) in [6.07, 6.45) is 0. The van der Waals surface area contributed by atoms with E-state index >= 15 is 0 Å². The van der Waals surface area contributed by atoms with Gasteiger partial charge < -0.3 is 5.11 Å². The molecule has 5 aromatic carbocycles. The first-order valence-electron chi connectivity index (χ1n) is 9.53. The molecule has 1 nitrogen and oxygen atoms in total. The Morgan fingerprint density at radius 3 is 1.39 bits per heavy atom. The summed E-state index contributed by atoms with van der Waals surface area (Å²) in [5, 5.41) is 16.8. The second-order valence-corrected chi connectivity index (χ2v) is 7.13. The third-order valence-electron chi connectivity index (χ3n) is 5.55. The summed E-state index contributed by atoms with van der Waals surface area (Å²) in [5.74, 6) is 0. The predicted octanol–water partition coefficient (Wildman–Crippen LogP) is 6.28. The van der Waals surface area contributed by atoms with Crippen LogP contribution in [0.3, 0.4) is 0 Å². The van der Waals surface area contributed by atoms with Crippen molar-refractivity contribution in [3.63, 3.8) is 0 Å². The van der Waals surface area contributed by atoms with E-state index in [1.807, 2.05) is 78.9 Å². The van der Waals surface area contributed by atoms with Crippen LogP contribution in [-0.4, -0.2) is 5.11 Å². The molecule has 28 heavy (non-hydrogen) atoms.